The Morgan fingerprint density at radius 2 is 1.70 bits per heavy atom. The first-order chi connectivity index (χ1) is 21.2. The van der Waals surface area contributed by atoms with Crippen LogP contribution in [0.1, 0.15) is 52.2 Å². The highest BCUT2D eigenvalue weighted by Gasteiger charge is 2.35. The average Bonchev–Trinajstić information content (AvgIpc) is 3.48. The van der Waals surface area contributed by atoms with Gasteiger partial charge in [-0.25, -0.2) is 9.79 Å². The maximum absolute atomic E-state index is 14.3. The molecule has 44 heavy (non-hydrogen) atoms. The summed E-state index contributed by atoms with van der Waals surface area (Å²) in [6, 6.07) is 24.5. The number of benzene rings is 3. The molecule has 6 rings (SSSR count). The standard InChI is InChI=1S/C36H32ClN3O3S/c1-6-43-35(42)31-32(25-10-8-7-9-11-25)38-36-40(33(31)26-13-15-28(37)16-14-26)34(41)30(44-36)20-27-19-23(4)39(24(27)5)29-17-12-21(2)22(3)18-29/h7-20,33H,6H2,1-5H3/b30-20+/t33-/m1/s1. The average molecular weight is 622 g/mol. The van der Waals surface area contributed by atoms with Gasteiger partial charge in [-0.2, -0.15) is 0 Å². The van der Waals surface area contributed by atoms with Crippen LogP contribution in [0.2, 0.25) is 5.02 Å². The van der Waals surface area contributed by atoms with Gasteiger partial charge in [0.25, 0.3) is 5.56 Å². The lowest BCUT2D eigenvalue weighted by molar-refractivity contribution is -0.138. The highest BCUT2D eigenvalue weighted by Crippen LogP contribution is 2.35. The molecule has 0 aliphatic carbocycles. The monoisotopic (exact) mass is 621 g/mol. The number of carbonyl (C=O) groups excluding carboxylic acids is 1. The van der Waals surface area contributed by atoms with Gasteiger partial charge < -0.3 is 9.30 Å². The summed E-state index contributed by atoms with van der Waals surface area (Å²) < 4.78 is 9.90. The van der Waals surface area contributed by atoms with Crippen LogP contribution in [-0.2, 0) is 9.53 Å². The summed E-state index contributed by atoms with van der Waals surface area (Å²) >= 11 is 7.56. The van der Waals surface area contributed by atoms with E-state index in [9.17, 15) is 9.59 Å². The summed E-state index contributed by atoms with van der Waals surface area (Å²) in [4.78, 5) is 33.3. The van der Waals surface area contributed by atoms with E-state index in [1.54, 1.807) is 23.6 Å². The molecule has 0 fully saturated rings. The number of hydrogen-bond donors (Lipinski definition) is 0. The first kappa shape index (κ1) is 29.6. The molecule has 0 saturated carbocycles. The number of aryl methyl sites for hydroxylation is 3. The second-order valence-corrected chi connectivity index (χ2v) is 12.4. The van der Waals surface area contributed by atoms with Crippen LogP contribution in [0.3, 0.4) is 0 Å². The minimum Gasteiger partial charge on any atom is -0.463 e. The molecule has 1 aliphatic heterocycles. The Morgan fingerprint density at radius 3 is 2.39 bits per heavy atom. The number of halogens is 1. The number of carbonyl (C=O) groups is 1. The molecular formula is C36H32ClN3O3S. The number of esters is 1. The minimum absolute atomic E-state index is 0.193. The first-order valence-corrected chi connectivity index (χ1v) is 15.7. The van der Waals surface area contributed by atoms with Gasteiger partial charge in [-0.15, -0.1) is 0 Å². The predicted octanol–water partition coefficient (Wildman–Crippen LogP) is 6.61. The molecule has 8 heteroatoms. The molecule has 0 radical (unpaired) electrons. The van der Waals surface area contributed by atoms with Gasteiger partial charge in [0.15, 0.2) is 4.80 Å². The Balaban J connectivity index is 1.59. The minimum atomic E-state index is -0.747. The molecule has 1 aliphatic rings. The first-order valence-electron chi connectivity index (χ1n) is 14.5. The topological polar surface area (TPSA) is 65.6 Å². The Kier molecular flexibility index (Phi) is 8.01. The molecule has 0 N–H and O–H groups in total. The van der Waals surface area contributed by atoms with Gasteiger partial charge in [0.1, 0.15) is 0 Å². The van der Waals surface area contributed by atoms with Gasteiger partial charge in [-0.05, 0) is 93.3 Å². The van der Waals surface area contributed by atoms with Crippen molar-refractivity contribution in [2.24, 2.45) is 4.99 Å². The van der Waals surface area contributed by atoms with Crippen molar-refractivity contribution < 1.29 is 9.53 Å². The Bertz CT molecular complexity index is 2120. The van der Waals surface area contributed by atoms with Gasteiger partial charge in [0, 0.05) is 27.7 Å². The molecule has 3 heterocycles. The van der Waals surface area contributed by atoms with Crippen molar-refractivity contribution in [3.63, 3.8) is 0 Å². The van der Waals surface area contributed by atoms with Crippen molar-refractivity contribution in [2.45, 2.75) is 40.7 Å². The molecule has 6 nitrogen and oxygen atoms in total. The van der Waals surface area contributed by atoms with Crippen molar-refractivity contribution in [2.75, 3.05) is 6.61 Å². The van der Waals surface area contributed by atoms with Gasteiger partial charge in [-0.1, -0.05) is 71.5 Å². The van der Waals surface area contributed by atoms with E-state index in [-0.39, 0.29) is 12.2 Å². The fourth-order valence-corrected chi connectivity index (χ4v) is 6.86. The zero-order valence-corrected chi connectivity index (χ0v) is 26.8. The summed E-state index contributed by atoms with van der Waals surface area (Å²) in [6.45, 7) is 10.3. The van der Waals surface area contributed by atoms with Gasteiger partial charge in [0.2, 0.25) is 0 Å². The summed E-state index contributed by atoms with van der Waals surface area (Å²) in [6.07, 6.45) is 1.93. The Hall–Kier alpha value is -4.46. The number of fused-ring (bicyclic) bond motifs is 1. The van der Waals surface area contributed by atoms with E-state index in [1.807, 2.05) is 48.5 Å². The van der Waals surface area contributed by atoms with Crippen molar-refractivity contribution in [3.8, 4) is 5.69 Å². The predicted molar refractivity (Wildman–Crippen MR) is 177 cm³/mol. The maximum Gasteiger partial charge on any atom is 0.338 e. The van der Waals surface area contributed by atoms with Crippen LogP contribution in [0.25, 0.3) is 17.5 Å². The van der Waals surface area contributed by atoms with E-state index in [2.05, 4.69) is 56.5 Å². The van der Waals surface area contributed by atoms with E-state index >= 15 is 0 Å². The summed E-state index contributed by atoms with van der Waals surface area (Å²) in [5.74, 6) is -0.513. The molecule has 0 bridgehead atoms. The lowest BCUT2D eigenvalue weighted by Gasteiger charge is -2.25. The fraction of sp³-hybridized carbons (Fsp3) is 0.194. The summed E-state index contributed by atoms with van der Waals surface area (Å²) in [7, 11) is 0. The van der Waals surface area contributed by atoms with E-state index in [4.69, 9.17) is 21.3 Å². The molecule has 2 aromatic heterocycles. The van der Waals surface area contributed by atoms with Crippen LogP contribution in [0.4, 0.5) is 0 Å². The second-order valence-electron chi connectivity index (χ2n) is 10.9. The number of ether oxygens (including phenoxy) is 1. The van der Waals surface area contributed by atoms with E-state index in [0.29, 0.717) is 25.6 Å². The molecule has 222 valence electrons. The van der Waals surface area contributed by atoms with Crippen molar-refractivity contribution in [1.82, 2.24) is 9.13 Å². The highest BCUT2D eigenvalue weighted by molar-refractivity contribution is 7.07. The molecular weight excluding hydrogens is 590 g/mol. The zero-order chi connectivity index (χ0) is 31.1. The van der Waals surface area contributed by atoms with Crippen LogP contribution >= 0.6 is 22.9 Å². The number of hydrogen-bond acceptors (Lipinski definition) is 5. The third-order valence-electron chi connectivity index (χ3n) is 8.06. The van der Waals surface area contributed by atoms with E-state index in [0.717, 1.165) is 33.8 Å². The number of rotatable bonds is 6. The molecule has 1 atom stereocenters. The maximum atomic E-state index is 14.3. The van der Waals surface area contributed by atoms with Crippen LogP contribution in [0.5, 0.6) is 0 Å². The summed E-state index contributed by atoms with van der Waals surface area (Å²) in [5.41, 5.74) is 8.67. The second kappa shape index (κ2) is 11.9. The Labute approximate surface area is 264 Å². The van der Waals surface area contributed by atoms with Crippen LogP contribution < -0.4 is 14.9 Å². The molecule has 0 amide bonds. The molecule has 0 saturated heterocycles. The fourth-order valence-electron chi connectivity index (χ4n) is 5.74. The Morgan fingerprint density at radius 1 is 0.977 bits per heavy atom. The third kappa shape index (κ3) is 5.27. The normalized spacial score (nSPS) is 14.9. The number of thiazole rings is 1. The van der Waals surface area contributed by atoms with Crippen molar-refractivity contribution in [3.05, 3.63) is 148 Å². The van der Waals surface area contributed by atoms with Crippen molar-refractivity contribution in [1.29, 1.82) is 0 Å². The summed E-state index contributed by atoms with van der Waals surface area (Å²) in [5, 5.41) is 0.560. The smallest absolute Gasteiger partial charge is 0.338 e. The van der Waals surface area contributed by atoms with Crippen LogP contribution in [-0.4, -0.2) is 21.7 Å². The molecule has 3 aromatic carbocycles. The molecule has 5 aromatic rings. The SMILES string of the molecule is CCOC(=O)C1=C(c2ccccc2)N=c2s/c(=C/c3cc(C)n(-c4ccc(C)c(C)c4)c3C)c(=O)n2[C@@H]1c1ccc(Cl)cc1. The number of aromatic nitrogens is 2. The van der Waals surface area contributed by atoms with E-state index < -0.39 is 12.0 Å². The highest BCUT2D eigenvalue weighted by atomic mass is 35.5. The van der Waals surface area contributed by atoms with Crippen LogP contribution in [0.15, 0.2) is 94.2 Å². The largest absolute Gasteiger partial charge is 0.463 e. The zero-order valence-electron chi connectivity index (χ0n) is 25.2. The van der Waals surface area contributed by atoms with Gasteiger partial charge in [-0.3, -0.25) is 9.36 Å². The quantitative estimate of drug-likeness (QED) is 0.200. The number of nitrogens with zero attached hydrogens (tertiary/aromatic N) is 3. The van der Waals surface area contributed by atoms with Crippen LogP contribution in [0, 0.1) is 27.7 Å². The van der Waals surface area contributed by atoms with Gasteiger partial charge in [0.05, 0.1) is 28.5 Å². The third-order valence-corrected chi connectivity index (χ3v) is 9.30. The van der Waals surface area contributed by atoms with E-state index in [1.165, 1.54) is 22.5 Å². The molecule has 0 unspecified atom stereocenters. The molecule has 0 spiro atoms. The lowest BCUT2D eigenvalue weighted by atomic mass is 9.93. The van der Waals surface area contributed by atoms with Gasteiger partial charge >= 0.3 is 5.97 Å². The van der Waals surface area contributed by atoms with Crippen molar-refractivity contribution >= 4 is 40.7 Å². The lowest BCUT2D eigenvalue weighted by Crippen LogP contribution is -2.40.